The number of hydrogen-bond donors (Lipinski definition) is 1. The first kappa shape index (κ1) is 18.7. The largest absolute Gasteiger partial charge is 0.495 e. The number of carbonyl (C=O) groups is 1. The van der Waals surface area contributed by atoms with Crippen LogP contribution in [0, 0.1) is 0 Å². The zero-order valence-electron chi connectivity index (χ0n) is 14.4. The van der Waals surface area contributed by atoms with Crippen LogP contribution in [-0.2, 0) is 27.9 Å². The number of hydrogen-bond acceptors (Lipinski definition) is 8. The van der Waals surface area contributed by atoms with E-state index in [1.54, 1.807) is 0 Å². The Morgan fingerprint density at radius 3 is 2.70 bits per heavy atom. The molecule has 1 amide bonds. The molecule has 0 saturated carbocycles. The quantitative estimate of drug-likeness (QED) is 0.684. The third kappa shape index (κ3) is 3.34. The van der Waals surface area contributed by atoms with Gasteiger partial charge in [-0.15, -0.1) is 0 Å². The average Bonchev–Trinajstić information content (AvgIpc) is 3.25. The van der Waals surface area contributed by atoms with Gasteiger partial charge in [0.15, 0.2) is 11.1 Å². The number of rotatable bonds is 6. The van der Waals surface area contributed by atoms with Gasteiger partial charge in [-0.05, 0) is 18.9 Å². The number of carbonyl (C=O) groups excluding carboxylic acids is 1. The zero-order valence-corrected chi connectivity index (χ0v) is 15.3. The SMILES string of the molecule is C=NC(=C)[C@H](O)C(=O)N1Cc2cn(S(=O)(=O)c3ccc(OC)cn3)nc2C1. The van der Waals surface area contributed by atoms with E-state index < -0.39 is 22.0 Å². The lowest BCUT2D eigenvalue weighted by molar-refractivity contribution is -0.139. The van der Waals surface area contributed by atoms with E-state index in [1.807, 2.05) is 0 Å². The molecule has 2 aromatic heterocycles. The summed E-state index contributed by atoms with van der Waals surface area (Å²) >= 11 is 0. The Balaban J connectivity index is 1.80. The molecule has 27 heavy (non-hydrogen) atoms. The van der Waals surface area contributed by atoms with Crippen molar-refractivity contribution in [3.8, 4) is 5.75 Å². The highest BCUT2D eigenvalue weighted by molar-refractivity contribution is 7.89. The third-order valence-corrected chi connectivity index (χ3v) is 5.53. The second-order valence-corrected chi connectivity index (χ2v) is 7.50. The summed E-state index contributed by atoms with van der Waals surface area (Å²) in [6, 6.07) is 2.81. The summed E-state index contributed by atoms with van der Waals surface area (Å²) in [5.41, 5.74) is 0.928. The van der Waals surface area contributed by atoms with Crippen molar-refractivity contribution in [3.05, 3.63) is 48.1 Å². The highest BCUT2D eigenvalue weighted by atomic mass is 32.2. The number of aliphatic imine (C=N–C) groups is 1. The van der Waals surface area contributed by atoms with Gasteiger partial charge in [-0.1, -0.05) is 6.58 Å². The average molecular weight is 391 g/mol. The Morgan fingerprint density at radius 2 is 2.15 bits per heavy atom. The van der Waals surface area contributed by atoms with Crippen LogP contribution in [-0.4, -0.2) is 58.4 Å². The normalized spacial score (nSPS) is 14.5. The fourth-order valence-electron chi connectivity index (χ4n) is 2.54. The number of amides is 1. The van der Waals surface area contributed by atoms with E-state index >= 15 is 0 Å². The fraction of sp³-hybridized carbons (Fsp3) is 0.250. The molecule has 142 valence electrons. The number of methoxy groups -OCH3 is 1. The van der Waals surface area contributed by atoms with Gasteiger partial charge in [0.25, 0.3) is 15.9 Å². The number of aromatic nitrogens is 3. The number of aliphatic hydroxyl groups excluding tert-OH is 1. The third-order valence-electron chi connectivity index (χ3n) is 4.08. The van der Waals surface area contributed by atoms with E-state index in [4.69, 9.17) is 4.74 Å². The molecule has 0 unspecified atom stereocenters. The number of pyridine rings is 1. The smallest absolute Gasteiger partial charge is 0.300 e. The molecule has 11 heteroatoms. The van der Waals surface area contributed by atoms with Gasteiger partial charge in [0.05, 0.1) is 31.2 Å². The summed E-state index contributed by atoms with van der Waals surface area (Å²) in [7, 11) is -2.51. The van der Waals surface area contributed by atoms with Crippen LogP contribution in [0.15, 0.2) is 46.8 Å². The first-order chi connectivity index (χ1) is 12.8. The minimum absolute atomic E-state index is 0.0530. The van der Waals surface area contributed by atoms with Crippen molar-refractivity contribution in [2.45, 2.75) is 24.2 Å². The van der Waals surface area contributed by atoms with Gasteiger partial charge >= 0.3 is 0 Å². The van der Waals surface area contributed by atoms with Crippen LogP contribution in [0.4, 0.5) is 0 Å². The first-order valence-corrected chi connectivity index (χ1v) is 9.17. The van der Waals surface area contributed by atoms with Crippen molar-refractivity contribution >= 4 is 22.6 Å². The van der Waals surface area contributed by atoms with Gasteiger partial charge in [0, 0.05) is 18.3 Å². The molecule has 0 spiro atoms. The van der Waals surface area contributed by atoms with Crippen molar-refractivity contribution in [2.75, 3.05) is 7.11 Å². The van der Waals surface area contributed by atoms with Crippen LogP contribution in [0.2, 0.25) is 0 Å². The monoisotopic (exact) mass is 391 g/mol. The number of nitrogens with zero attached hydrogens (tertiary/aromatic N) is 5. The predicted octanol–water partition coefficient (Wildman–Crippen LogP) is -0.0589. The predicted molar refractivity (Wildman–Crippen MR) is 94.5 cm³/mol. The van der Waals surface area contributed by atoms with Crippen LogP contribution in [0.25, 0.3) is 0 Å². The number of fused-ring (bicyclic) bond motifs is 1. The maximum absolute atomic E-state index is 12.6. The minimum atomic E-state index is -3.96. The van der Waals surface area contributed by atoms with Crippen molar-refractivity contribution in [1.82, 2.24) is 19.1 Å². The molecule has 3 rings (SSSR count). The maximum Gasteiger partial charge on any atom is 0.300 e. The van der Waals surface area contributed by atoms with Crippen LogP contribution < -0.4 is 4.74 Å². The molecule has 1 atom stereocenters. The molecule has 0 aliphatic carbocycles. The van der Waals surface area contributed by atoms with Gasteiger partial charge in [-0.2, -0.15) is 17.6 Å². The van der Waals surface area contributed by atoms with Crippen LogP contribution in [0.5, 0.6) is 5.75 Å². The van der Waals surface area contributed by atoms with E-state index in [-0.39, 0.29) is 23.8 Å². The van der Waals surface area contributed by atoms with E-state index in [0.717, 1.165) is 4.09 Å². The summed E-state index contributed by atoms with van der Waals surface area (Å²) in [6.45, 7) is 6.85. The standard InChI is InChI=1S/C16H17N5O5S/c1-10(17-2)15(22)16(23)20-7-11-8-21(19-13(11)9-20)27(24,25)14-5-4-12(26-3)6-18-14/h4-6,8,15,22H,1-2,7,9H2,3H3/t15-/m0/s1. The molecule has 1 aliphatic heterocycles. The van der Waals surface area contributed by atoms with Crippen molar-refractivity contribution < 1.29 is 23.1 Å². The van der Waals surface area contributed by atoms with Gasteiger partial charge in [0.1, 0.15) is 5.75 Å². The number of ether oxygens (including phenoxy) is 1. The van der Waals surface area contributed by atoms with E-state index in [0.29, 0.717) is 17.0 Å². The summed E-state index contributed by atoms with van der Waals surface area (Å²) < 4.78 is 31.1. The van der Waals surface area contributed by atoms with E-state index in [9.17, 15) is 18.3 Å². The molecule has 0 fully saturated rings. The fourth-order valence-corrected chi connectivity index (χ4v) is 3.63. The van der Waals surface area contributed by atoms with Crippen molar-refractivity contribution in [1.29, 1.82) is 0 Å². The first-order valence-electron chi connectivity index (χ1n) is 7.73. The summed E-state index contributed by atoms with van der Waals surface area (Å²) in [5.74, 6) is -0.170. The molecule has 2 aromatic rings. The minimum Gasteiger partial charge on any atom is -0.495 e. The lowest BCUT2D eigenvalue weighted by Crippen LogP contribution is -2.36. The summed E-state index contributed by atoms with van der Waals surface area (Å²) in [6.07, 6.45) is 1.13. The van der Waals surface area contributed by atoms with Crippen LogP contribution in [0.1, 0.15) is 11.3 Å². The number of aliphatic hydroxyl groups is 1. The molecule has 3 heterocycles. The highest BCUT2D eigenvalue weighted by Crippen LogP contribution is 2.25. The Bertz CT molecular complexity index is 989. The Hall–Kier alpha value is -3.05. The summed E-state index contributed by atoms with van der Waals surface area (Å²) in [5, 5.41) is 13.8. The molecular formula is C16H17N5O5S. The maximum atomic E-state index is 12.6. The lowest BCUT2D eigenvalue weighted by Gasteiger charge is -2.19. The highest BCUT2D eigenvalue weighted by Gasteiger charge is 2.33. The van der Waals surface area contributed by atoms with E-state index in [2.05, 4.69) is 28.4 Å². The molecule has 10 nitrogen and oxygen atoms in total. The van der Waals surface area contributed by atoms with Crippen LogP contribution in [0.3, 0.4) is 0 Å². The second kappa shape index (κ2) is 6.93. The zero-order chi connectivity index (χ0) is 19.8. The Labute approximate surface area is 155 Å². The molecule has 1 aliphatic rings. The van der Waals surface area contributed by atoms with Gasteiger partial charge in [0.2, 0.25) is 0 Å². The van der Waals surface area contributed by atoms with Crippen LogP contribution >= 0.6 is 0 Å². The molecule has 1 N–H and O–H groups in total. The van der Waals surface area contributed by atoms with E-state index in [1.165, 1.54) is 36.5 Å². The van der Waals surface area contributed by atoms with Gasteiger partial charge in [-0.25, -0.2) is 4.98 Å². The second-order valence-electron chi connectivity index (χ2n) is 5.76. The van der Waals surface area contributed by atoms with Gasteiger partial charge < -0.3 is 14.7 Å². The van der Waals surface area contributed by atoms with Crippen molar-refractivity contribution in [2.24, 2.45) is 4.99 Å². The van der Waals surface area contributed by atoms with Crippen molar-refractivity contribution in [3.63, 3.8) is 0 Å². The topological polar surface area (TPSA) is 127 Å². The lowest BCUT2D eigenvalue weighted by atomic mass is 10.2. The Kier molecular flexibility index (Phi) is 4.81. The molecule has 0 aromatic carbocycles. The summed E-state index contributed by atoms with van der Waals surface area (Å²) in [4.78, 5) is 20.9. The molecular weight excluding hydrogens is 374 g/mol. The van der Waals surface area contributed by atoms with Gasteiger partial charge in [-0.3, -0.25) is 9.79 Å². The Morgan fingerprint density at radius 1 is 1.41 bits per heavy atom. The molecule has 0 radical (unpaired) electrons. The molecule has 0 saturated heterocycles. The molecule has 0 bridgehead atoms.